The first-order valence-electron chi connectivity index (χ1n) is 5.07. The Morgan fingerprint density at radius 2 is 1.82 bits per heavy atom. The van der Waals surface area contributed by atoms with Gasteiger partial charge in [-0.25, -0.2) is 4.39 Å². The Morgan fingerprint density at radius 1 is 1.12 bits per heavy atom. The lowest BCUT2D eigenvalue weighted by molar-refractivity contribution is 0.629. The molecular formula is C13H11FINS. The van der Waals surface area contributed by atoms with Crippen LogP contribution in [0.5, 0.6) is 0 Å². The van der Waals surface area contributed by atoms with Crippen molar-refractivity contribution in [3.05, 3.63) is 57.4 Å². The third-order valence-corrected chi connectivity index (χ3v) is 4.07. The van der Waals surface area contributed by atoms with Crippen LogP contribution < -0.4 is 5.73 Å². The van der Waals surface area contributed by atoms with Crippen LogP contribution in [0, 0.1) is 9.39 Å². The molecule has 0 saturated carbocycles. The van der Waals surface area contributed by atoms with Crippen molar-refractivity contribution in [2.45, 2.75) is 10.6 Å². The molecule has 88 valence electrons. The maximum atomic E-state index is 13.2. The fraction of sp³-hybridized carbons (Fsp3) is 0.0769. The van der Waals surface area contributed by atoms with Gasteiger partial charge in [-0.15, -0.1) is 11.8 Å². The van der Waals surface area contributed by atoms with Gasteiger partial charge in [0, 0.05) is 14.2 Å². The summed E-state index contributed by atoms with van der Waals surface area (Å²) in [5, 5.41) is 0. The Bertz CT molecular complexity index is 513. The first-order chi connectivity index (χ1) is 8.15. The Kier molecular flexibility index (Phi) is 4.28. The quantitative estimate of drug-likeness (QED) is 0.502. The number of thioether (sulfide) groups is 1. The summed E-state index contributed by atoms with van der Waals surface area (Å²) in [5.41, 5.74) is 6.85. The van der Waals surface area contributed by atoms with Gasteiger partial charge in [-0.05, 0) is 58.5 Å². The third-order valence-electron chi connectivity index (χ3n) is 2.29. The van der Waals surface area contributed by atoms with E-state index in [9.17, 15) is 4.39 Å². The number of benzene rings is 2. The molecule has 2 rings (SSSR count). The predicted molar refractivity (Wildman–Crippen MR) is 79.5 cm³/mol. The molecule has 0 unspecified atom stereocenters. The number of halogens is 2. The molecule has 0 aromatic heterocycles. The standard InChI is InChI=1S/C13H11FINS/c14-12-7-11(5-6-13(12)16)17-8-9-1-3-10(15)4-2-9/h1-7H,8,16H2. The topological polar surface area (TPSA) is 26.0 Å². The zero-order valence-corrected chi connectivity index (χ0v) is 12.0. The molecule has 17 heavy (non-hydrogen) atoms. The minimum absolute atomic E-state index is 0.198. The highest BCUT2D eigenvalue weighted by molar-refractivity contribution is 14.1. The van der Waals surface area contributed by atoms with Crippen LogP contribution in [0.4, 0.5) is 10.1 Å². The zero-order valence-electron chi connectivity index (χ0n) is 8.99. The van der Waals surface area contributed by atoms with Crippen LogP contribution in [0.3, 0.4) is 0 Å². The average molecular weight is 359 g/mol. The maximum absolute atomic E-state index is 13.2. The summed E-state index contributed by atoms with van der Waals surface area (Å²) in [7, 11) is 0. The van der Waals surface area contributed by atoms with Gasteiger partial charge in [-0.2, -0.15) is 0 Å². The van der Waals surface area contributed by atoms with Gasteiger partial charge >= 0.3 is 0 Å². The summed E-state index contributed by atoms with van der Waals surface area (Å²) in [6.45, 7) is 0. The van der Waals surface area contributed by atoms with Crippen LogP contribution >= 0.6 is 34.4 Å². The van der Waals surface area contributed by atoms with Crippen LogP contribution in [0.15, 0.2) is 47.4 Å². The molecule has 0 spiro atoms. The van der Waals surface area contributed by atoms with E-state index < -0.39 is 0 Å². The van der Waals surface area contributed by atoms with Crippen molar-refractivity contribution < 1.29 is 4.39 Å². The second kappa shape index (κ2) is 5.73. The molecule has 0 atom stereocenters. The van der Waals surface area contributed by atoms with E-state index in [-0.39, 0.29) is 11.5 Å². The minimum atomic E-state index is -0.349. The van der Waals surface area contributed by atoms with E-state index in [2.05, 4.69) is 46.9 Å². The predicted octanol–water partition coefficient (Wildman–Crippen LogP) is 4.30. The summed E-state index contributed by atoms with van der Waals surface area (Å²) in [5.74, 6) is 0.484. The third kappa shape index (κ3) is 3.61. The normalized spacial score (nSPS) is 10.5. The highest BCUT2D eigenvalue weighted by Crippen LogP contribution is 2.25. The first-order valence-corrected chi connectivity index (χ1v) is 7.14. The van der Waals surface area contributed by atoms with Gasteiger partial charge < -0.3 is 5.73 Å². The van der Waals surface area contributed by atoms with Crippen molar-refractivity contribution in [2.75, 3.05) is 5.73 Å². The number of hydrogen-bond donors (Lipinski definition) is 1. The SMILES string of the molecule is Nc1ccc(SCc2ccc(I)cc2)cc1F. The number of nitrogens with two attached hydrogens (primary N) is 1. The molecule has 0 aliphatic heterocycles. The average Bonchev–Trinajstić information content (AvgIpc) is 2.33. The fourth-order valence-corrected chi connectivity index (χ4v) is 2.58. The molecule has 0 aliphatic carbocycles. The summed E-state index contributed by atoms with van der Waals surface area (Å²) >= 11 is 3.88. The van der Waals surface area contributed by atoms with Crippen molar-refractivity contribution in [3.63, 3.8) is 0 Å². The molecule has 0 radical (unpaired) electrons. The van der Waals surface area contributed by atoms with E-state index in [0.717, 1.165) is 10.6 Å². The van der Waals surface area contributed by atoms with Crippen molar-refractivity contribution in [2.24, 2.45) is 0 Å². The Hall–Kier alpha value is -0.750. The lowest BCUT2D eigenvalue weighted by Gasteiger charge is -2.03. The van der Waals surface area contributed by atoms with Crippen LogP contribution in [0.25, 0.3) is 0 Å². The van der Waals surface area contributed by atoms with Crippen molar-refractivity contribution in [1.29, 1.82) is 0 Å². The van der Waals surface area contributed by atoms with Crippen molar-refractivity contribution in [1.82, 2.24) is 0 Å². The number of rotatable bonds is 3. The highest BCUT2D eigenvalue weighted by Gasteiger charge is 2.01. The van der Waals surface area contributed by atoms with E-state index in [1.54, 1.807) is 17.8 Å². The van der Waals surface area contributed by atoms with Crippen LogP contribution in [0.2, 0.25) is 0 Å². The van der Waals surface area contributed by atoms with E-state index >= 15 is 0 Å². The molecule has 2 N–H and O–H groups in total. The first kappa shape index (κ1) is 12.7. The summed E-state index contributed by atoms with van der Waals surface area (Å²) < 4.78 is 14.4. The number of anilines is 1. The lowest BCUT2D eigenvalue weighted by Crippen LogP contribution is -1.90. The van der Waals surface area contributed by atoms with Crippen LogP contribution in [-0.4, -0.2) is 0 Å². The molecule has 2 aromatic rings. The van der Waals surface area contributed by atoms with Crippen LogP contribution in [0.1, 0.15) is 5.56 Å². The molecule has 2 aromatic carbocycles. The molecular weight excluding hydrogens is 348 g/mol. The second-order valence-electron chi connectivity index (χ2n) is 3.60. The lowest BCUT2D eigenvalue weighted by atomic mass is 10.2. The van der Waals surface area contributed by atoms with E-state index in [4.69, 9.17) is 5.73 Å². The molecule has 0 amide bonds. The molecule has 0 bridgehead atoms. The Balaban J connectivity index is 2.02. The smallest absolute Gasteiger partial charge is 0.147 e. The maximum Gasteiger partial charge on any atom is 0.147 e. The molecule has 1 nitrogen and oxygen atoms in total. The van der Waals surface area contributed by atoms with Gasteiger partial charge in [-0.1, -0.05) is 12.1 Å². The number of nitrogen functional groups attached to an aromatic ring is 1. The largest absolute Gasteiger partial charge is 0.396 e. The zero-order chi connectivity index (χ0) is 12.3. The van der Waals surface area contributed by atoms with Gasteiger partial charge in [0.2, 0.25) is 0 Å². The highest BCUT2D eigenvalue weighted by atomic mass is 127. The van der Waals surface area contributed by atoms with Gasteiger partial charge in [0.15, 0.2) is 0 Å². The molecule has 4 heteroatoms. The van der Waals surface area contributed by atoms with Crippen molar-refractivity contribution in [3.8, 4) is 0 Å². The summed E-state index contributed by atoms with van der Waals surface area (Å²) in [6, 6.07) is 13.2. The molecule has 0 aliphatic rings. The number of hydrogen-bond acceptors (Lipinski definition) is 2. The van der Waals surface area contributed by atoms with Crippen molar-refractivity contribution >= 4 is 40.0 Å². The van der Waals surface area contributed by atoms with Gasteiger partial charge in [0.05, 0.1) is 5.69 Å². The van der Waals surface area contributed by atoms with Gasteiger partial charge in [0.25, 0.3) is 0 Å². The van der Waals surface area contributed by atoms with Gasteiger partial charge in [-0.3, -0.25) is 0 Å². The Labute approximate surface area is 118 Å². The Morgan fingerprint density at radius 3 is 2.47 bits per heavy atom. The van der Waals surface area contributed by atoms with Gasteiger partial charge in [0.1, 0.15) is 5.82 Å². The summed E-state index contributed by atoms with van der Waals surface area (Å²) in [6.07, 6.45) is 0. The van der Waals surface area contributed by atoms with E-state index in [1.165, 1.54) is 15.2 Å². The second-order valence-corrected chi connectivity index (χ2v) is 5.89. The fourth-order valence-electron chi connectivity index (χ4n) is 1.34. The molecule has 0 saturated heterocycles. The minimum Gasteiger partial charge on any atom is -0.396 e. The monoisotopic (exact) mass is 359 g/mol. The summed E-state index contributed by atoms with van der Waals surface area (Å²) in [4.78, 5) is 0.898. The van der Waals surface area contributed by atoms with E-state index in [0.29, 0.717) is 0 Å². The van der Waals surface area contributed by atoms with Crippen LogP contribution in [-0.2, 0) is 5.75 Å². The van der Waals surface area contributed by atoms with E-state index in [1.807, 2.05) is 6.07 Å². The molecule has 0 fully saturated rings. The molecule has 0 heterocycles.